The summed E-state index contributed by atoms with van der Waals surface area (Å²) in [6.07, 6.45) is -6.20. The molecule has 0 aromatic rings. The van der Waals surface area contributed by atoms with Crippen LogP contribution in [0.15, 0.2) is 12.2 Å². The summed E-state index contributed by atoms with van der Waals surface area (Å²) in [5.41, 5.74) is 0.166. The Morgan fingerprint density at radius 3 is 2.53 bits per heavy atom. The van der Waals surface area contributed by atoms with Crippen LogP contribution in [0.25, 0.3) is 0 Å². The molecular formula is C9H11F3O3. The van der Waals surface area contributed by atoms with E-state index in [1.165, 1.54) is 6.92 Å². The molecule has 1 saturated heterocycles. The van der Waals surface area contributed by atoms with Crippen LogP contribution in [0.4, 0.5) is 13.2 Å². The minimum Gasteiger partial charge on any atom is -0.462 e. The number of ether oxygens (including phenoxy) is 2. The maximum atomic E-state index is 12.2. The highest BCUT2D eigenvalue weighted by Gasteiger charge is 2.52. The van der Waals surface area contributed by atoms with Crippen LogP contribution in [-0.2, 0) is 14.3 Å². The van der Waals surface area contributed by atoms with Gasteiger partial charge < -0.3 is 9.47 Å². The molecule has 0 N–H and O–H groups in total. The van der Waals surface area contributed by atoms with Gasteiger partial charge in [0.15, 0.2) is 6.10 Å². The van der Waals surface area contributed by atoms with Crippen LogP contribution in [0.3, 0.4) is 0 Å². The normalized spacial score (nSPS) is 25.6. The van der Waals surface area contributed by atoms with Crippen LogP contribution in [0.2, 0.25) is 0 Å². The van der Waals surface area contributed by atoms with Gasteiger partial charge >= 0.3 is 12.1 Å². The van der Waals surface area contributed by atoms with Gasteiger partial charge in [-0.1, -0.05) is 6.58 Å². The molecule has 0 aromatic carbocycles. The molecule has 6 heteroatoms. The molecule has 1 aliphatic heterocycles. The number of halogens is 3. The molecule has 86 valence electrons. The van der Waals surface area contributed by atoms with Crippen LogP contribution in [0.5, 0.6) is 0 Å². The molecule has 0 radical (unpaired) electrons. The SMILES string of the molecule is C=C(C)C(=O)OCC1COC1C(F)(F)F. The third kappa shape index (κ3) is 2.95. The molecule has 0 aliphatic carbocycles. The highest BCUT2D eigenvalue weighted by Crippen LogP contribution is 2.35. The topological polar surface area (TPSA) is 35.5 Å². The number of carbonyl (C=O) groups excluding carboxylic acids is 1. The van der Waals surface area contributed by atoms with Gasteiger partial charge in [0.1, 0.15) is 0 Å². The van der Waals surface area contributed by atoms with E-state index in [9.17, 15) is 18.0 Å². The van der Waals surface area contributed by atoms with Crippen LogP contribution < -0.4 is 0 Å². The molecule has 1 aliphatic rings. The third-order valence-corrected chi connectivity index (χ3v) is 2.02. The largest absolute Gasteiger partial charge is 0.462 e. The molecule has 2 unspecified atom stereocenters. The van der Waals surface area contributed by atoms with Gasteiger partial charge in [-0.15, -0.1) is 0 Å². The van der Waals surface area contributed by atoms with E-state index in [0.717, 1.165) is 0 Å². The Hall–Kier alpha value is -1.04. The van der Waals surface area contributed by atoms with E-state index in [4.69, 9.17) is 0 Å². The van der Waals surface area contributed by atoms with Crippen molar-refractivity contribution in [1.29, 1.82) is 0 Å². The summed E-state index contributed by atoms with van der Waals surface area (Å²) in [4.78, 5) is 10.9. The van der Waals surface area contributed by atoms with Gasteiger partial charge in [0.25, 0.3) is 0 Å². The maximum Gasteiger partial charge on any atom is 0.415 e. The molecule has 0 saturated carbocycles. The first-order valence-electron chi connectivity index (χ1n) is 4.33. The number of carbonyl (C=O) groups is 1. The van der Waals surface area contributed by atoms with E-state index in [-0.39, 0.29) is 18.8 Å². The zero-order valence-electron chi connectivity index (χ0n) is 8.13. The fourth-order valence-electron chi connectivity index (χ4n) is 1.13. The molecule has 0 spiro atoms. The van der Waals surface area contributed by atoms with Gasteiger partial charge in [-0.05, 0) is 6.92 Å². The Morgan fingerprint density at radius 2 is 2.20 bits per heavy atom. The first-order valence-corrected chi connectivity index (χ1v) is 4.33. The first-order chi connectivity index (χ1) is 6.82. The van der Waals surface area contributed by atoms with Gasteiger partial charge in [-0.3, -0.25) is 0 Å². The molecule has 0 aromatic heterocycles. The lowest BCUT2D eigenvalue weighted by Gasteiger charge is -2.37. The molecule has 0 amide bonds. The van der Waals surface area contributed by atoms with Crippen LogP contribution >= 0.6 is 0 Å². The van der Waals surface area contributed by atoms with Crippen molar-refractivity contribution in [3.05, 3.63) is 12.2 Å². The summed E-state index contributed by atoms with van der Waals surface area (Å²) in [5.74, 6) is -1.48. The van der Waals surface area contributed by atoms with Gasteiger partial charge in [0, 0.05) is 5.57 Å². The van der Waals surface area contributed by atoms with Crippen molar-refractivity contribution in [2.45, 2.75) is 19.2 Å². The number of hydrogen-bond acceptors (Lipinski definition) is 3. The van der Waals surface area contributed by atoms with Crippen LogP contribution in [0.1, 0.15) is 6.92 Å². The first kappa shape index (κ1) is 12.0. The zero-order valence-corrected chi connectivity index (χ0v) is 8.13. The zero-order chi connectivity index (χ0) is 11.6. The van der Waals surface area contributed by atoms with E-state index >= 15 is 0 Å². The quantitative estimate of drug-likeness (QED) is 0.540. The van der Waals surface area contributed by atoms with Crippen molar-refractivity contribution < 1.29 is 27.4 Å². The number of rotatable bonds is 3. The summed E-state index contributed by atoms with van der Waals surface area (Å²) >= 11 is 0. The molecule has 0 bridgehead atoms. The average Bonchev–Trinajstić information content (AvgIpc) is 1.98. The Balaban J connectivity index is 2.35. The summed E-state index contributed by atoms with van der Waals surface area (Å²) in [6, 6.07) is 0. The minimum atomic E-state index is -4.39. The number of esters is 1. The third-order valence-electron chi connectivity index (χ3n) is 2.02. The van der Waals surface area contributed by atoms with Crippen molar-refractivity contribution in [1.82, 2.24) is 0 Å². The molecule has 1 rings (SSSR count). The fraction of sp³-hybridized carbons (Fsp3) is 0.667. The number of alkyl halides is 3. The van der Waals surface area contributed by atoms with Gasteiger partial charge in [0.05, 0.1) is 19.1 Å². The highest BCUT2D eigenvalue weighted by atomic mass is 19.4. The second-order valence-corrected chi connectivity index (χ2v) is 3.43. The summed E-state index contributed by atoms with van der Waals surface area (Å²) < 4.78 is 45.4. The summed E-state index contributed by atoms with van der Waals surface area (Å²) in [7, 11) is 0. The van der Waals surface area contributed by atoms with E-state index in [2.05, 4.69) is 16.1 Å². The molecular weight excluding hydrogens is 213 g/mol. The molecule has 3 nitrogen and oxygen atoms in total. The van der Waals surface area contributed by atoms with Gasteiger partial charge in [-0.25, -0.2) is 4.79 Å². The second-order valence-electron chi connectivity index (χ2n) is 3.43. The average molecular weight is 224 g/mol. The molecule has 1 fully saturated rings. The predicted molar refractivity (Wildman–Crippen MR) is 45.1 cm³/mol. The van der Waals surface area contributed by atoms with Crippen molar-refractivity contribution in [3.63, 3.8) is 0 Å². The second kappa shape index (κ2) is 4.22. The maximum absolute atomic E-state index is 12.2. The van der Waals surface area contributed by atoms with Crippen molar-refractivity contribution in [3.8, 4) is 0 Å². The van der Waals surface area contributed by atoms with Gasteiger partial charge in [-0.2, -0.15) is 13.2 Å². The van der Waals surface area contributed by atoms with E-state index in [0.29, 0.717) is 0 Å². The molecule has 1 heterocycles. The van der Waals surface area contributed by atoms with E-state index in [1.807, 2.05) is 0 Å². The molecule has 2 atom stereocenters. The summed E-state index contributed by atoms with van der Waals surface area (Å²) in [5, 5.41) is 0. The monoisotopic (exact) mass is 224 g/mol. The van der Waals surface area contributed by atoms with E-state index < -0.39 is 24.2 Å². The fourth-order valence-corrected chi connectivity index (χ4v) is 1.13. The van der Waals surface area contributed by atoms with Crippen LogP contribution in [-0.4, -0.2) is 31.5 Å². The van der Waals surface area contributed by atoms with Crippen LogP contribution in [0, 0.1) is 5.92 Å². The van der Waals surface area contributed by atoms with E-state index in [1.54, 1.807) is 0 Å². The standard InChI is InChI=1S/C9H11F3O3/c1-5(2)8(13)15-4-6-3-14-7(6)9(10,11)12/h6-7H,1,3-4H2,2H3. The van der Waals surface area contributed by atoms with Gasteiger partial charge in [0.2, 0.25) is 0 Å². The van der Waals surface area contributed by atoms with Crippen molar-refractivity contribution >= 4 is 5.97 Å². The predicted octanol–water partition coefficient (Wildman–Crippen LogP) is 1.68. The smallest absolute Gasteiger partial charge is 0.415 e. The lowest BCUT2D eigenvalue weighted by Crippen LogP contribution is -2.51. The number of hydrogen-bond donors (Lipinski definition) is 0. The Labute approximate surface area is 84.8 Å². The Morgan fingerprint density at radius 1 is 1.60 bits per heavy atom. The summed E-state index contributed by atoms with van der Waals surface area (Å²) in [6.45, 7) is 4.43. The highest BCUT2D eigenvalue weighted by molar-refractivity contribution is 5.86. The molecule has 15 heavy (non-hydrogen) atoms. The minimum absolute atomic E-state index is 0.0341. The Kier molecular flexibility index (Phi) is 3.38. The van der Waals surface area contributed by atoms with Crippen molar-refractivity contribution in [2.75, 3.05) is 13.2 Å². The lowest BCUT2D eigenvalue weighted by atomic mass is 9.98. The lowest BCUT2D eigenvalue weighted by molar-refractivity contribution is -0.293. The van der Waals surface area contributed by atoms with Crippen molar-refractivity contribution in [2.24, 2.45) is 5.92 Å². The Bertz CT molecular complexity index is 272.